The summed E-state index contributed by atoms with van der Waals surface area (Å²) in [6.45, 7) is 2.21. The Morgan fingerprint density at radius 1 is 1.29 bits per heavy atom. The molecule has 0 radical (unpaired) electrons. The van der Waals surface area contributed by atoms with Gasteiger partial charge in [-0.3, -0.25) is 15.1 Å². The molecule has 2 atom stereocenters. The standard InChI is InChI=1S/C19H19N3O2/c1-2-24-19(23)16-10-14-13-7-3-4-8-15(13)21-18(14)17(22-16)12-6-5-9-20-11-12/h3-9,11,16-17,21-22H,2,10H2,1H3/t16-,17+/m1/s1. The summed E-state index contributed by atoms with van der Waals surface area (Å²) in [4.78, 5) is 20.1. The summed E-state index contributed by atoms with van der Waals surface area (Å²) in [6, 6.07) is 11.7. The van der Waals surface area contributed by atoms with Gasteiger partial charge in [0.1, 0.15) is 6.04 Å². The second-order valence-corrected chi connectivity index (χ2v) is 5.96. The highest BCUT2D eigenvalue weighted by molar-refractivity contribution is 5.87. The maximum Gasteiger partial charge on any atom is 0.323 e. The number of fused-ring (bicyclic) bond motifs is 3. The molecule has 122 valence electrons. The zero-order valence-electron chi connectivity index (χ0n) is 13.5. The Bertz CT molecular complexity index is 873. The highest BCUT2D eigenvalue weighted by Gasteiger charge is 2.34. The zero-order valence-corrected chi connectivity index (χ0v) is 13.5. The summed E-state index contributed by atoms with van der Waals surface area (Å²) in [7, 11) is 0. The molecule has 5 heteroatoms. The molecule has 0 unspecified atom stereocenters. The van der Waals surface area contributed by atoms with Crippen LogP contribution in [0.1, 0.15) is 29.8 Å². The van der Waals surface area contributed by atoms with Gasteiger partial charge in [-0.15, -0.1) is 0 Å². The van der Waals surface area contributed by atoms with Crippen LogP contribution in [0.2, 0.25) is 0 Å². The van der Waals surface area contributed by atoms with Crippen molar-refractivity contribution in [3.8, 4) is 0 Å². The first kappa shape index (κ1) is 14.9. The van der Waals surface area contributed by atoms with Gasteiger partial charge in [0.25, 0.3) is 0 Å². The predicted molar refractivity (Wildman–Crippen MR) is 91.6 cm³/mol. The minimum Gasteiger partial charge on any atom is -0.465 e. The Hall–Kier alpha value is -2.66. The molecule has 0 saturated heterocycles. The Kier molecular flexibility index (Phi) is 3.78. The van der Waals surface area contributed by atoms with Gasteiger partial charge in [0.15, 0.2) is 0 Å². The van der Waals surface area contributed by atoms with Crippen molar-refractivity contribution in [2.75, 3.05) is 6.61 Å². The summed E-state index contributed by atoms with van der Waals surface area (Å²) >= 11 is 0. The van der Waals surface area contributed by atoms with Crippen LogP contribution < -0.4 is 5.32 Å². The van der Waals surface area contributed by atoms with E-state index < -0.39 is 0 Å². The van der Waals surface area contributed by atoms with Crippen molar-refractivity contribution in [1.29, 1.82) is 0 Å². The van der Waals surface area contributed by atoms with Crippen molar-refractivity contribution < 1.29 is 9.53 Å². The van der Waals surface area contributed by atoms with Gasteiger partial charge in [0, 0.05) is 35.4 Å². The number of aromatic amines is 1. The molecule has 2 aromatic heterocycles. The summed E-state index contributed by atoms with van der Waals surface area (Å²) in [5.41, 5.74) is 4.39. The van der Waals surface area contributed by atoms with E-state index in [2.05, 4.69) is 27.4 Å². The van der Waals surface area contributed by atoms with Crippen molar-refractivity contribution in [2.45, 2.75) is 25.4 Å². The quantitative estimate of drug-likeness (QED) is 0.728. The van der Waals surface area contributed by atoms with Crippen molar-refractivity contribution in [1.82, 2.24) is 15.3 Å². The number of aromatic nitrogens is 2. The van der Waals surface area contributed by atoms with Crippen LogP contribution in [-0.2, 0) is 16.0 Å². The summed E-state index contributed by atoms with van der Waals surface area (Å²) in [5.74, 6) is -0.206. The molecular formula is C19H19N3O2. The van der Waals surface area contributed by atoms with Gasteiger partial charge >= 0.3 is 5.97 Å². The molecule has 4 rings (SSSR count). The monoisotopic (exact) mass is 321 g/mol. The molecule has 1 aromatic carbocycles. The summed E-state index contributed by atoms with van der Waals surface area (Å²) in [6.07, 6.45) is 4.21. The lowest BCUT2D eigenvalue weighted by Gasteiger charge is -2.30. The summed E-state index contributed by atoms with van der Waals surface area (Å²) in [5, 5.41) is 4.59. The Labute approximate surface area is 140 Å². The first-order chi connectivity index (χ1) is 11.8. The molecule has 0 fully saturated rings. The molecule has 2 N–H and O–H groups in total. The molecule has 1 aliphatic heterocycles. The molecule has 0 bridgehead atoms. The van der Waals surface area contributed by atoms with E-state index in [1.54, 1.807) is 6.20 Å². The average Bonchev–Trinajstić information content (AvgIpc) is 3.00. The van der Waals surface area contributed by atoms with Crippen molar-refractivity contribution in [2.24, 2.45) is 0 Å². The van der Waals surface area contributed by atoms with Gasteiger partial charge in [-0.1, -0.05) is 24.3 Å². The third-order valence-electron chi connectivity index (χ3n) is 4.50. The number of hydrogen-bond acceptors (Lipinski definition) is 4. The fraction of sp³-hybridized carbons (Fsp3) is 0.263. The number of nitrogens with one attached hydrogen (secondary N) is 2. The second-order valence-electron chi connectivity index (χ2n) is 5.96. The number of rotatable bonds is 3. The van der Waals surface area contributed by atoms with Crippen LogP contribution in [0.25, 0.3) is 10.9 Å². The van der Waals surface area contributed by atoms with E-state index in [-0.39, 0.29) is 18.1 Å². The van der Waals surface area contributed by atoms with Gasteiger partial charge in [0.2, 0.25) is 0 Å². The molecule has 5 nitrogen and oxygen atoms in total. The number of benzene rings is 1. The van der Waals surface area contributed by atoms with E-state index in [0.717, 1.165) is 22.2 Å². The van der Waals surface area contributed by atoms with Gasteiger partial charge in [-0.25, -0.2) is 0 Å². The van der Waals surface area contributed by atoms with Gasteiger partial charge < -0.3 is 9.72 Å². The average molecular weight is 321 g/mol. The number of H-pyrrole nitrogens is 1. The lowest BCUT2D eigenvalue weighted by atomic mass is 9.91. The van der Waals surface area contributed by atoms with Crippen LogP contribution in [0, 0.1) is 0 Å². The smallest absolute Gasteiger partial charge is 0.323 e. The van der Waals surface area contributed by atoms with Crippen LogP contribution in [0.5, 0.6) is 0 Å². The minimum atomic E-state index is -0.359. The maximum absolute atomic E-state index is 12.3. The van der Waals surface area contributed by atoms with Crippen LogP contribution in [0.15, 0.2) is 48.8 Å². The third kappa shape index (κ3) is 2.47. The van der Waals surface area contributed by atoms with Gasteiger partial charge in [-0.05, 0) is 30.2 Å². The molecule has 1 aliphatic rings. The predicted octanol–water partition coefficient (Wildman–Crippen LogP) is 2.73. The number of carbonyl (C=O) groups is 1. The van der Waals surface area contributed by atoms with Crippen LogP contribution >= 0.6 is 0 Å². The highest BCUT2D eigenvalue weighted by Crippen LogP contribution is 2.35. The van der Waals surface area contributed by atoms with Gasteiger partial charge in [0.05, 0.1) is 12.6 Å². The fourth-order valence-electron chi connectivity index (χ4n) is 3.44. The topological polar surface area (TPSA) is 67.0 Å². The van der Waals surface area contributed by atoms with Crippen molar-refractivity contribution in [3.63, 3.8) is 0 Å². The van der Waals surface area contributed by atoms with E-state index in [1.807, 2.05) is 37.4 Å². The maximum atomic E-state index is 12.3. The number of hydrogen-bond donors (Lipinski definition) is 2. The number of para-hydroxylation sites is 1. The molecule has 0 saturated carbocycles. The van der Waals surface area contributed by atoms with Crippen molar-refractivity contribution >= 4 is 16.9 Å². The van der Waals surface area contributed by atoms with E-state index in [4.69, 9.17) is 4.74 Å². The summed E-state index contributed by atoms with van der Waals surface area (Å²) < 4.78 is 5.24. The molecule has 3 aromatic rings. The number of pyridine rings is 1. The molecule has 0 spiro atoms. The molecule has 3 heterocycles. The lowest BCUT2D eigenvalue weighted by molar-refractivity contribution is -0.146. The third-order valence-corrected chi connectivity index (χ3v) is 4.50. The first-order valence-electron chi connectivity index (χ1n) is 8.20. The number of carbonyl (C=O) groups excluding carboxylic acids is 1. The Morgan fingerprint density at radius 2 is 2.17 bits per heavy atom. The molecule has 0 aliphatic carbocycles. The fourth-order valence-corrected chi connectivity index (χ4v) is 3.44. The van der Waals surface area contributed by atoms with Crippen LogP contribution in [0.4, 0.5) is 0 Å². The van der Waals surface area contributed by atoms with E-state index in [1.165, 1.54) is 5.56 Å². The van der Waals surface area contributed by atoms with E-state index in [0.29, 0.717) is 13.0 Å². The number of nitrogens with zero attached hydrogens (tertiary/aromatic N) is 1. The normalized spacial score (nSPS) is 19.9. The lowest BCUT2D eigenvalue weighted by Crippen LogP contribution is -2.45. The largest absolute Gasteiger partial charge is 0.465 e. The zero-order chi connectivity index (χ0) is 16.5. The molecular weight excluding hydrogens is 302 g/mol. The SMILES string of the molecule is CCOC(=O)[C@H]1Cc2c([nH]c3ccccc23)[C@H](c2cccnc2)N1. The second kappa shape index (κ2) is 6.09. The van der Waals surface area contributed by atoms with Gasteiger partial charge in [-0.2, -0.15) is 0 Å². The highest BCUT2D eigenvalue weighted by atomic mass is 16.5. The van der Waals surface area contributed by atoms with Crippen LogP contribution in [-0.4, -0.2) is 28.6 Å². The number of ether oxygens (including phenoxy) is 1. The van der Waals surface area contributed by atoms with E-state index in [9.17, 15) is 4.79 Å². The van der Waals surface area contributed by atoms with Crippen molar-refractivity contribution in [3.05, 3.63) is 65.6 Å². The Balaban J connectivity index is 1.83. The van der Waals surface area contributed by atoms with E-state index >= 15 is 0 Å². The Morgan fingerprint density at radius 3 is 2.96 bits per heavy atom. The number of esters is 1. The minimum absolute atomic E-state index is 0.107. The first-order valence-corrected chi connectivity index (χ1v) is 8.20. The molecule has 0 amide bonds. The molecule has 24 heavy (non-hydrogen) atoms. The van der Waals surface area contributed by atoms with Crippen LogP contribution in [0.3, 0.4) is 0 Å².